The molecule has 4 nitrogen and oxygen atoms in total. The second kappa shape index (κ2) is 7.55. The third-order valence-electron chi connectivity index (χ3n) is 3.62. The lowest BCUT2D eigenvalue weighted by Crippen LogP contribution is -2.32. The van der Waals surface area contributed by atoms with Crippen molar-refractivity contribution < 1.29 is 9.59 Å². The lowest BCUT2D eigenvalue weighted by atomic mass is 10.1. The predicted octanol–water partition coefficient (Wildman–Crippen LogP) is 4.52. The van der Waals surface area contributed by atoms with Gasteiger partial charge in [0.2, 0.25) is 5.91 Å². The molecule has 6 heteroatoms. The Morgan fingerprint density at radius 2 is 1.60 bits per heavy atom. The lowest BCUT2D eigenvalue weighted by molar-refractivity contribution is -0.115. The average molecular weight is 373 g/mol. The van der Waals surface area contributed by atoms with Crippen LogP contribution in [0.3, 0.4) is 0 Å². The summed E-state index contributed by atoms with van der Waals surface area (Å²) in [6.07, 6.45) is 0. The molecule has 0 aliphatic carbocycles. The zero-order valence-electron chi connectivity index (χ0n) is 13.1. The fourth-order valence-corrected chi connectivity index (χ4v) is 2.67. The van der Waals surface area contributed by atoms with Crippen LogP contribution in [0.5, 0.6) is 0 Å². The number of fused-ring (bicyclic) bond motifs is 1. The summed E-state index contributed by atoms with van der Waals surface area (Å²) in [4.78, 5) is 24.1. The molecule has 0 aromatic heterocycles. The highest BCUT2D eigenvalue weighted by molar-refractivity contribution is 6.42. The van der Waals surface area contributed by atoms with Gasteiger partial charge in [-0.25, -0.2) is 0 Å². The summed E-state index contributed by atoms with van der Waals surface area (Å²) >= 11 is 11.7. The van der Waals surface area contributed by atoms with E-state index < -0.39 is 5.91 Å². The van der Waals surface area contributed by atoms with Crippen LogP contribution < -0.4 is 10.6 Å². The normalized spacial score (nSPS) is 10.5. The highest BCUT2D eigenvalue weighted by atomic mass is 35.5. The van der Waals surface area contributed by atoms with Crippen molar-refractivity contribution in [3.63, 3.8) is 0 Å². The van der Waals surface area contributed by atoms with Crippen LogP contribution >= 0.6 is 23.2 Å². The molecule has 0 heterocycles. The summed E-state index contributed by atoms with van der Waals surface area (Å²) in [6.45, 7) is -0.147. The number of hydrogen-bond acceptors (Lipinski definition) is 2. The minimum Gasteiger partial charge on any atom is -0.343 e. The van der Waals surface area contributed by atoms with E-state index >= 15 is 0 Å². The Bertz CT molecular complexity index is 957. The molecule has 0 radical (unpaired) electrons. The second-order valence-electron chi connectivity index (χ2n) is 5.42. The van der Waals surface area contributed by atoms with Crippen LogP contribution in [-0.4, -0.2) is 18.4 Å². The van der Waals surface area contributed by atoms with Gasteiger partial charge in [0.1, 0.15) is 0 Å². The zero-order chi connectivity index (χ0) is 17.8. The number of hydrogen-bond donors (Lipinski definition) is 2. The molecule has 0 aliphatic heterocycles. The van der Waals surface area contributed by atoms with Crippen molar-refractivity contribution in [3.8, 4) is 0 Å². The van der Waals surface area contributed by atoms with Crippen LogP contribution in [0.4, 0.5) is 5.69 Å². The largest absolute Gasteiger partial charge is 0.343 e. The Labute approximate surface area is 154 Å². The van der Waals surface area contributed by atoms with Crippen LogP contribution in [-0.2, 0) is 4.79 Å². The van der Waals surface area contributed by atoms with Gasteiger partial charge < -0.3 is 10.6 Å². The average Bonchev–Trinajstić information content (AvgIpc) is 2.62. The number of halogens is 2. The summed E-state index contributed by atoms with van der Waals surface area (Å²) < 4.78 is 0. The summed E-state index contributed by atoms with van der Waals surface area (Å²) in [5, 5.41) is 8.08. The highest BCUT2D eigenvalue weighted by Crippen LogP contribution is 2.22. The maximum atomic E-state index is 12.0. The van der Waals surface area contributed by atoms with Gasteiger partial charge in [-0.05, 0) is 41.1 Å². The minimum atomic E-state index is -0.396. The quantitative estimate of drug-likeness (QED) is 0.707. The maximum absolute atomic E-state index is 12.0. The van der Waals surface area contributed by atoms with E-state index in [9.17, 15) is 9.59 Å². The number of nitrogens with one attached hydrogen (secondary N) is 2. The molecule has 0 atom stereocenters. The molecule has 0 fully saturated rings. The molecular formula is C19H14Cl2N2O2. The van der Waals surface area contributed by atoms with Gasteiger partial charge in [-0.3, -0.25) is 9.59 Å². The van der Waals surface area contributed by atoms with E-state index in [2.05, 4.69) is 10.6 Å². The summed E-state index contributed by atoms with van der Waals surface area (Å²) in [5.74, 6) is -0.712. The summed E-state index contributed by atoms with van der Waals surface area (Å²) in [6, 6.07) is 18.0. The molecule has 25 heavy (non-hydrogen) atoms. The van der Waals surface area contributed by atoms with Crippen molar-refractivity contribution in [2.45, 2.75) is 0 Å². The van der Waals surface area contributed by atoms with Crippen LogP contribution in [0, 0.1) is 0 Å². The molecule has 0 saturated heterocycles. The van der Waals surface area contributed by atoms with E-state index in [1.165, 1.54) is 12.1 Å². The number of carbonyl (C=O) groups is 2. The smallest absolute Gasteiger partial charge is 0.251 e. The van der Waals surface area contributed by atoms with Gasteiger partial charge in [0.05, 0.1) is 16.6 Å². The number of rotatable bonds is 4. The molecule has 3 rings (SSSR count). The highest BCUT2D eigenvalue weighted by Gasteiger charge is 2.10. The van der Waals surface area contributed by atoms with E-state index in [1.807, 2.05) is 42.5 Å². The van der Waals surface area contributed by atoms with Crippen LogP contribution in [0.2, 0.25) is 10.0 Å². The summed E-state index contributed by atoms with van der Waals surface area (Å²) in [5.41, 5.74) is 1.01. The van der Waals surface area contributed by atoms with E-state index in [0.29, 0.717) is 16.3 Å². The minimum absolute atomic E-state index is 0.147. The van der Waals surface area contributed by atoms with E-state index in [4.69, 9.17) is 23.2 Å². The van der Waals surface area contributed by atoms with Gasteiger partial charge in [0.15, 0.2) is 0 Å². The Balaban J connectivity index is 1.59. The van der Waals surface area contributed by atoms with Crippen molar-refractivity contribution in [1.29, 1.82) is 0 Å². The topological polar surface area (TPSA) is 58.2 Å². The molecular weight excluding hydrogens is 359 g/mol. The third-order valence-corrected chi connectivity index (χ3v) is 4.36. The van der Waals surface area contributed by atoms with Crippen LogP contribution in [0.25, 0.3) is 10.8 Å². The molecule has 3 aromatic carbocycles. The van der Waals surface area contributed by atoms with Crippen molar-refractivity contribution in [2.24, 2.45) is 0 Å². The van der Waals surface area contributed by atoms with Crippen molar-refractivity contribution in [3.05, 3.63) is 76.3 Å². The first kappa shape index (κ1) is 17.3. The SMILES string of the molecule is O=C(CNC(=O)c1ccc(Cl)c(Cl)c1)Nc1ccc2ccccc2c1. The Hall–Kier alpha value is -2.56. The van der Waals surface area contributed by atoms with E-state index in [0.717, 1.165) is 10.8 Å². The van der Waals surface area contributed by atoms with E-state index in [1.54, 1.807) is 6.07 Å². The Kier molecular flexibility index (Phi) is 5.22. The predicted molar refractivity (Wildman–Crippen MR) is 101 cm³/mol. The van der Waals surface area contributed by atoms with Crippen molar-refractivity contribution >= 4 is 51.5 Å². The first-order chi connectivity index (χ1) is 12.0. The van der Waals surface area contributed by atoms with Gasteiger partial charge in [0.25, 0.3) is 5.91 Å². The molecule has 0 saturated carbocycles. The molecule has 0 bridgehead atoms. The van der Waals surface area contributed by atoms with Gasteiger partial charge in [-0.15, -0.1) is 0 Å². The molecule has 2 amide bonds. The van der Waals surface area contributed by atoms with Crippen LogP contribution in [0.15, 0.2) is 60.7 Å². The Morgan fingerprint density at radius 1 is 0.840 bits per heavy atom. The second-order valence-corrected chi connectivity index (χ2v) is 6.24. The van der Waals surface area contributed by atoms with Crippen molar-refractivity contribution in [2.75, 3.05) is 11.9 Å². The first-order valence-electron chi connectivity index (χ1n) is 7.55. The monoisotopic (exact) mass is 372 g/mol. The molecule has 126 valence electrons. The Morgan fingerprint density at radius 3 is 2.36 bits per heavy atom. The number of carbonyl (C=O) groups excluding carboxylic acids is 2. The zero-order valence-corrected chi connectivity index (χ0v) is 14.6. The number of anilines is 1. The molecule has 3 aromatic rings. The molecule has 0 aliphatic rings. The first-order valence-corrected chi connectivity index (χ1v) is 8.30. The number of benzene rings is 3. The summed E-state index contributed by atoms with van der Waals surface area (Å²) in [7, 11) is 0. The molecule has 2 N–H and O–H groups in total. The molecule has 0 spiro atoms. The molecule has 0 unspecified atom stereocenters. The lowest BCUT2D eigenvalue weighted by Gasteiger charge is -2.08. The van der Waals surface area contributed by atoms with Crippen LogP contribution in [0.1, 0.15) is 10.4 Å². The van der Waals surface area contributed by atoms with Gasteiger partial charge in [0, 0.05) is 11.3 Å². The third kappa shape index (κ3) is 4.29. The maximum Gasteiger partial charge on any atom is 0.251 e. The standard InChI is InChI=1S/C19H14Cl2N2O2/c20-16-8-6-14(10-17(16)21)19(25)22-11-18(24)23-15-7-5-12-3-1-2-4-13(12)9-15/h1-10H,11H2,(H,22,25)(H,23,24). The van der Waals surface area contributed by atoms with E-state index in [-0.39, 0.29) is 17.5 Å². The van der Waals surface area contributed by atoms with Gasteiger partial charge >= 0.3 is 0 Å². The van der Waals surface area contributed by atoms with Gasteiger partial charge in [-0.1, -0.05) is 53.5 Å². The number of amides is 2. The fourth-order valence-electron chi connectivity index (χ4n) is 2.37. The van der Waals surface area contributed by atoms with Gasteiger partial charge in [-0.2, -0.15) is 0 Å². The fraction of sp³-hybridized carbons (Fsp3) is 0.0526. The van der Waals surface area contributed by atoms with Crippen molar-refractivity contribution in [1.82, 2.24) is 5.32 Å².